The van der Waals surface area contributed by atoms with E-state index in [-0.39, 0.29) is 9.79 Å². The lowest BCUT2D eigenvalue weighted by atomic mass is 10.2. The van der Waals surface area contributed by atoms with Gasteiger partial charge in [0.05, 0.1) is 4.90 Å². The zero-order chi connectivity index (χ0) is 18.1. The van der Waals surface area contributed by atoms with Crippen LogP contribution in [0.5, 0.6) is 0 Å². The number of benzene rings is 2. The molecular formula is C16H13F6S2+. The predicted molar refractivity (Wildman–Crippen MR) is 84.2 cm³/mol. The van der Waals surface area contributed by atoms with E-state index in [0.717, 1.165) is 12.1 Å². The summed E-state index contributed by atoms with van der Waals surface area (Å²) in [7, 11) is -2.45. The molecule has 0 aliphatic carbocycles. The maximum atomic E-state index is 13.7. The van der Waals surface area contributed by atoms with Crippen LogP contribution in [0.4, 0.5) is 26.3 Å². The summed E-state index contributed by atoms with van der Waals surface area (Å²) >= 11 is -0.508. The van der Waals surface area contributed by atoms with Crippen LogP contribution in [-0.4, -0.2) is 11.0 Å². The van der Waals surface area contributed by atoms with E-state index in [1.54, 1.807) is 19.9 Å². The smallest absolute Gasteiger partial charge is 0.160 e. The zero-order valence-electron chi connectivity index (χ0n) is 12.6. The Labute approximate surface area is 142 Å². The molecule has 8 heteroatoms. The van der Waals surface area contributed by atoms with E-state index in [2.05, 4.69) is 0 Å². The molecule has 0 aliphatic rings. The molecule has 0 nitrogen and oxygen atoms in total. The third-order valence-corrected chi connectivity index (χ3v) is 5.90. The summed E-state index contributed by atoms with van der Waals surface area (Å²) in [4.78, 5) is -0.818. The van der Waals surface area contributed by atoms with Crippen molar-refractivity contribution in [1.29, 1.82) is 0 Å². The van der Waals surface area contributed by atoms with Crippen LogP contribution in [0.25, 0.3) is 0 Å². The van der Waals surface area contributed by atoms with Gasteiger partial charge in [-0.1, -0.05) is 18.2 Å². The van der Waals surface area contributed by atoms with Gasteiger partial charge < -0.3 is 0 Å². The van der Waals surface area contributed by atoms with Gasteiger partial charge in [-0.15, -0.1) is 13.2 Å². The monoisotopic (exact) mass is 383 g/mol. The highest BCUT2D eigenvalue weighted by Gasteiger charge is 2.56. The molecule has 0 amide bonds. The molecule has 1 unspecified atom stereocenters. The molecule has 0 radical (unpaired) electrons. The van der Waals surface area contributed by atoms with Gasteiger partial charge in [0.1, 0.15) is 0 Å². The molecule has 130 valence electrons. The molecule has 2 aromatic carbocycles. The second-order valence-corrected chi connectivity index (χ2v) is 8.16. The van der Waals surface area contributed by atoms with Crippen LogP contribution in [0, 0.1) is 13.8 Å². The minimum atomic E-state index is -4.68. The Kier molecular flexibility index (Phi) is 5.49. The average Bonchev–Trinajstić information content (AvgIpc) is 2.38. The summed E-state index contributed by atoms with van der Waals surface area (Å²) in [6.45, 7) is 3.19. The fourth-order valence-corrected chi connectivity index (χ4v) is 4.91. The number of alkyl halides is 6. The Balaban J connectivity index is 2.63. The summed E-state index contributed by atoms with van der Waals surface area (Å²) in [5.41, 5.74) is -8.24. The van der Waals surface area contributed by atoms with Gasteiger partial charge >= 0.3 is 11.0 Å². The van der Waals surface area contributed by atoms with Crippen LogP contribution in [0.1, 0.15) is 11.1 Å². The lowest BCUT2D eigenvalue weighted by Gasteiger charge is -2.15. The van der Waals surface area contributed by atoms with Crippen LogP contribution in [0.15, 0.2) is 57.2 Å². The van der Waals surface area contributed by atoms with Gasteiger partial charge in [0.15, 0.2) is 20.7 Å². The van der Waals surface area contributed by atoms with Gasteiger partial charge in [-0.25, -0.2) is 0 Å². The van der Waals surface area contributed by atoms with Crippen LogP contribution in [-0.2, 0) is 10.9 Å². The molecule has 0 aliphatic heterocycles. The Morgan fingerprint density at radius 1 is 0.833 bits per heavy atom. The van der Waals surface area contributed by atoms with Gasteiger partial charge in [0, 0.05) is 0 Å². The molecule has 1 atom stereocenters. The summed E-state index contributed by atoms with van der Waals surface area (Å²) < 4.78 is 79.3. The number of aryl methyl sites for hydroxylation is 2. The molecule has 0 saturated carbocycles. The SMILES string of the molecule is Cc1cccc([S+](c2ccc(C)cc2SC(F)(F)F)C(F)(F)F)c1. The highest BCUT2D eigenvalue weighted by atomic mass is 32.2. The maximum absolute atomic E-state index is 13.7. The third-order valence-electron chi connectivity index (χ3n) is 3.00. The molecule has 0 saturated heterocycles. The minimum absolute atomic E-state index is 0.0459. The van der Waals surface area contributed by atoms with Gasteiger partial charge in [-0.2, -0.15) is 13.2 Å². The largest absolute Gasteiger partial charge is 0.586 e. The summed E-state index contributed by atoms with van der Waals surface area (Å²) in [6.07, 6.45) is 0. The van der Waals surface area contributed by atoms with E-state index in [4.69, 9.17) is 0 Å². The molecule has 2 rings (SSSR count). The Morgan fingerprint density at radius 2 is 1.46 bits per heavy atom. The van der Waals surface area contributed by atoms with Crippen molar-refractivity contribution >= 4 is 22.7 Å². The van der Waals surface area contributed by atoms with Crippen molar-refractivity contribution in [2.45, 2.75) is 39.6 Å². The molecular weight excluding hydrogens is 370 g/mol. The van der Waals surface area contributed by atoms with Crippen LogP contribution < -0.4 is 0 Å². The van der Waals surface area contributed by atoms with Crippen molar-refractivity contribution in [3.63, 3.8) is 0 Å². The first-order valence-electron chi connectivity index (χ1n) is 6.71. The Morgan fingerprint density at radius 3 is 2.00 bits per heavy atom. The quantitative estimate of drug-likeness (QED) is 0.332. The van der Waals surface area contributed by atoms with Gasteiger partial charge in [0.25, 0.3) is 0 Å². The second-order valence-electron chi connectivity index (χ2n) is 5.07. The number of thioether (sulfide) groups is 1. The fourth-order valence-electron chi connectivity index (χ4n) is 2.12. The lowest BCUT2D eigenvalue weighted by Crippen LogP contribution is -2.25. The van der Waals surface area contributed by atoms with Crippen molar-refractivity contribution in [2.75, 3.05) is 0 Å². The average molecular weight is 383 g/mol. The standard InChI is InChI=1S/C16H13F6S2/c1-10-4-3-5-12(8-10)24(16(20,21)22)14-7-6-11(2)9-13(14)23-15(17,18)19/h3-9H,1-2H3/q+1. The molecule has 2 aromatic rings. The van der Waals surface area contributed by atoms with Crippen molar-refractivity contribution in [3.8, 4) is 0 Å². The lowest BCUT2D eigenvalue weighted by molar-refractivity contribution is -0.0378. The number of hydrogen-bond donors (Lipinski definition) is 0. The van der Waals surface area contributed by atoms with Gasteiger partial charge in [-0.05, 0) is 61.0 Å². The van der Waals surface area contributed by atoms with E-state index in [1.807, 2.05) is 0 Å². The number of halogens is 6. The molecule has 0 bridgehead atoms. The first kappa shape index (κ1) is 19.1. The fraction of sp³-hybridized carbons (Fsp3) is 0.250. The Bertz CT molecular complexity index is 721. The molecule has 24 heavy (non-hydrogen) atoms. The topological polar surface area (TPSA) is 0 Å². The molecule has 0 aromatic heterocycles. The summed E-state index contributed by atoms with van der Waals surface area (Å²) in [5, 5.41) is 0. The third kappa shape index (κ3) is 4.86. The molecule has 0 heterocycles. The van der Waals surface area contributed by atoms with Crippen LogP contribution in [0.3, 0.4) is 0 Å². The van der Waals surface area contributed by atoms with Crippen LogP contribution in [0.2, 0.25) is 0 Å². The normalized spacial score (nSPS) is 13.8. The number of rotatable bonds is 3. The van der Waals surface area contributed by atoms with Crippen molar-refractivity contribution in [3.05, 3.63) is 53.6 Å². The zero-order valence-corrected chi connectivity index (χ0v) is 14.3. The van der Waals surface area contributed by atoms with E-state index in [0.29, 0.717) is 11.1 Å². The molecule has 0 N–H and O–H groups in total. The van der Waals surface area contributed by atoms with Crippen molar-refractivity contribution in [1.82, 2.24) is 0 Å². The van der Waals surface area contributed by atoms with Crippen molar-refractivity contribution < 1.29 is 26.3 Å². The van der Waals surface area contributed by atoms with E-state index >= 15 is 0 Å². The first-order chi connectivity index (χ1) is 11.0. The summed E-state index contributed by atoms with van der Waals surface area (Å²) in [6, 6.07) is 9.46. The van der Waals surface area contributed by atoms with E-state index in [1.165, 1.54) is 24.3 Å². The second kappa shape index (κ2) is 6.92. The van der Waals surface area contributed by atoms with E-state index in [9.17, 15) is 26.3 Å². The molecule has 0 spiro atoms. The van der Waals surface area contributed by atoms with Crippen molar-refractivity contribution in [2.24, 2.45) is 0 Å². The maximum Gasteiger partial charge on any atom is 0.586 e. The van der Waals surface area contributed by atoms with Gasteiger partial charge in [-0.3, -0.25) is 0 Å². The Hall–Kier alpha value is -1.28. The molecule has 0 fully saturated rings. The van der Waals surface area contributed by atoms with Gasteiger partial charge in [0.2, 0.25) is 0 Å². The van der Waals surface area contributed by atoms with Crippen LogP contribution >= 0.6 is 11.8 Å². The predicted octanol–water partition coefficient (Wildman–Crippen LogP) is 6.47. The first-order valence-corrected chi connectivity index (χ1v) is 8.76. The number of hydrogen-bond acceptors (Lipinski definition) is 1. The summed E-state index contributed by atoms with van der Waals surface area (Å²) in [5.74, 6) is 0. The van der Waals surface area contributed by atoms with E-state index < -0.39 is 38.6 Å². The highest BCUT2D eigenvalue weighted by Crippen LogP contribution is 2.46. The minimum Gasteiger partial charge on any atom is -0.160 e. The highest BCUT2D eigenvalue weighted by molar-refractivity contribution is 8.02.